The van der Waals surface area contributed by atoms with Gasteiger partial charge in [0.15, 0.2) is 0 Å². The summed E-state index contributed by atoms with van der Waals surface area (Å²) in [7, 11) is 0. The summed E-state index contributed by atoms with van der Waals surface area (Å²) in [6.45, 7) is 3.07. The summed E-state index contributed by atoms with van der Waals surface area (Å²) < 4.78 is 29.5. The Balaban J connectivity index is 1.87. The molecule has 11 heteroatoms. The maximum atomic E-state index is 13.9. The van der Waals surface area contributed by atoms with Gasteiger partial charge in [-0.15, -0.1) is 0 Å². The molecule has 33 heavy (non-hydrogen) atoms. The molecule has 0 radical (unpaired) electrons. The minimum Gasteiger partial charge on any atom is -0.382 e. The van der Waals surface area contributed by atoms with E-state index in [1.165, 1.54) is 12.4 Å². The Morgan fingerprint density at radius 2 is 1.91 bits per heavy atom. The van der Waals surface area contributed by atoms with Crippen LogP contribution in [0.4, 0.5) is 14.5 Å². The van der Waals surface area contributed by atoms with E-state index >= 15 is 0 Å². The quantitative estimate of drug-likeness (QED) is 0.480. The Hall–Kier alpha value is -4.07. The lowest BCUT2D eigenvalue weighted by Crippen LogP contribution is -2.44. The minimum absolute atomic E-state index is 0.0478. The molecule has 3 aromatic rings. The summed E-state index contributed by atoms with van der Waals surface area (Å²) in [6, 6.07) is 8.89. The fraction of sp³-hybridized carbons (Fsp3) is 0.318. The number of amides is 2. The summed E-state index contributed by atoms with van der Waals surface area (Å²) in [5.41, 5.74) is 2.78. The Labute approximate surface area is 188 Å². The largest absolute Gasteiger partial charge is 0.382 e. The van der Waals surface area contributed by atoms with Gasteiger partial charge in [0.1, 0.15) is 6.07 Å². The molecule has 3 rings (SSSR count). The van der Waals surface area contributed by atoms with E-state index < -0.39 is 30.8 Å². The van der Waals surface area contributed by atoms with Crippen molar-refractivity contribution in [3.8, 4) is 17.5 Å². The first-order valence-electron chi connectivity index (χ1n) is 10.1. The summed E-state index contributed by atoms with van der Waals surface area (Å²) in [6.07, 6.45) is 2.75. The minimum atomic E-state index is -3.31. The van der Waals surface area contributed by atoms with E-state index in [2.05, 4.69) is 20.7 Å². The fourth-order valence-electron chi connectivity index (χ4n) is 3.08. The normalized spacial score (nSPS) is 11.3. The van der Waals surface area contributed by atoms with Gasteiger partial charge in [0, 0.05) is 19.2 Å². The second-order valence-electron chi connectivity index (χ2n) is 7.77. The van der Waals surface area contributed by atoms with Crippen LogP contribution >= 0.6 is 0 Å². The van der Waals surface area contributed by atoms with Gasteiger partial charge in [0.05, 0.1) is 53.0 Å². The van der Waals surface area contributed by atoms with Crippen molar-refractivity contribution in [2.45, 2.75) is 32.7 Å². The van der Waals surface area contributed by atoms with Crippen LogP contribution in [-0.4, -0.2) is 51.5 Å². The van der Waals surface area contributed by atoms with Gasteiger partial charge in [-0.25, -0.2) is 13.3 Å². The van der Waals surface area contributed by atoms with Crippen molar-refractivity contribution in [3.63, 3.8) is 0 Å². The van der Waals surface area contributed by atoms with Crippen molar-refractivity contribution in [2.24, 2.45) is 0 Å². The van der Waals surface area contributed by atoms with Crippen LogP contribution in [-0.2, 0) is 4.79 Å². The number of halogens is 2. The molecule has 0 saturated heterocycles. The van der Waals surface area contributed by atoms with E-state index in [0.29, 0.717) is 28.2 Å². The van der Waals surface area contributed by atoms with Crippen molar-refractivity contribution in [2.75, 3.05) is 18.4 Å². The SMILES string of the molecule is CC(=O)NCC(F)(F)CNC(=O)c1cnc(-c2ccc3cc(C#N)cnn23)cc1NC(C)C. The summed E-state index contributed by atoms with van der Waals surface area (Å²) in [4.78, 5) is 27.9. The average Bonchev–Trinajstić information content (AvgIpc) is 3.19. The highest BCUT2D eigenvalue weighted by molar-refractivity contribution is 6.00. The molecule has 0 aliphatic heterocycles. The number of pyridine rings is 1. The molecule has 172 valence electrons. The fourth-order valence-corrected chi connectivity index (χ4v) is 3.08. The lowest BCUT2D eigenvalue weighted by atomic mass is 10.1. The first-order chi connectivity index (χ1) is 15.6. The van der Waals surface area contributed by atoms with Crippen molar-refractivity contribution < 1.29 is 18.4 Å². The number of aromatic nitrogens is 3. The number of nitrogens with zero attached hydrogens (tertiary/aromatic N) is 4. The van der Waals surface area contributed by atoms with Gasteiger partial charge in [-0.05, 0) is 38.1 Å². The van der Waals surface area contributed by atoms with Crippen LogP contribution < -0.4 is 16.0 Å². The Kier molecular flexibility index (Phi) is 6.86. The molecule has 0 aliphatic carbocycles. The molecule has 0 aromatic carbocycles. The molecule has 9 nitrogen and oxygen atoms in total. The molecular formula is C22H23F2N7O2. The first-order valence-corrected chi connectivity index (χ1v) is 10.1. The molecule has 0 atom stereocenters. The Morgan fingerprint density at radius 3 is 2.58 bits per heavy atom. The number of nitriles is 1. The third kappa shape index (κ3) is 5.79. The number of carbonyl (C=O) groups excluding carboxylic acids is 2. The summed E-state index contributed by atoms with van der Waals surface area (Å²) >= 11 is 0. The van der Waals surface area contributed by atoms with Crippen molar-refractivity contribution >= 4 is 23.0 Å². The molecule has 3 heterocycles. The van der Waals surface area contributed by atoms with E-state index in [-0.39, 0.29) is 11.6 Å². The highest BCUT2D eigenvalue weighted by atomic mass is 19.3. The van der Waals surface area contributed by atoms with Gasteiger partial charge in [0.2, 0.25) is 5.91 Å². The van der Waals surface area contributed by atoms with Gasteiger partial charge in [0.25, 0.3) is 11.8 Å². The number of carbonyl (C=O) groups is 2. The van der Waals surface area contributed by atoms with Gasteiger partial charge < -0.3 is 16.0 Å². The Bertz CT molecular complexity index is 1230. The third-order valence-corrected chi connectivity index (χ3v) is 4.59. The molecule has 2 amide bonds. The molecule has 0 aliphatic rings. The summed E-state index contributed by atoms with van der Waals surface area (Å²) in [5, 5.41) is 20.7. The monoisotopic (exact) mass is 455 g/mol. The van der Waals surface area contributed by atoms with Crippen molar-refractivity contribution in [1.29, 1.82) is 5.26 Å². The standard InChI is InChI=1S/C22H23F2N7O2/c1-13(2)30-18-7-19(20-5-4-16-6-15(8-25)9-29-31(16)20)26-10-17(18)21(33)28-12-22(23,24)11-27-14(3)32/h4-7,9-10,13H,11-12H2,1-3H3,(H,26,30)(H,27,32)(H,28,33). The highest BCUT2D eigenvalue weighted by Gasteiger charge is 2.30. The molecule has 0 fully saturated rings. The second-order valence-corrected chi connectivity index (χ2v) is 7.77. The van der Waals surface area contributed by atoms with Gasteiger partial charge in [-0.2, -0.15) is 10.4 Å². The number of anilines is 1. The first kappa shape index (κ1) is 23.6. The molecule has 0 saturated carbocycles. The van der Waals surface area contributed by atoms with Crippen LogP contribution in [0.3, 0.4) is 0 Å². The predicted molar refractivity (Wildman–Crippen MR) is 118 cm³/mol. The molecule has 3 N–H and O–H groups in total. The van der Waals surface area contributed by atoms with Crippen molar-refractivity contribution in [3.05, 3.63) is 47.8 Å². The van der Waals surface area contributed by atoms with Crippen LogP contribution in [0.1, 0.15) is 36.7 Å². The average molecular weight is 455 g/mol. The zero-order chi connectivity index (χ0) is 24.2. The molecule has 0 unspecified atom stereocenters. The maximum absolute atomic E-state index is 13.9. The van der Waals surface area contributed by atoms with Gasteiger partial charge in [-0.3, -0.25) is 14.6 Å². The number of hydrogen-bond acceptors (Lipinski definition) is 6. The van der Waals surface area contributed by atoms with Crippen LogP contribution in [0, 0.1) is 11.3 Å². The number of alkyl halides is 2. The van der Waals surface area contributed by atoms with Gasteiger partial charge >= 0.3 is 0 Å². The summed E-state index contributed by atoms with van der Waals surface area (Å²) in [5.74, 6) is -4.61. The van der Waals surface area contributed by atoms with E-state index in [1.54, 1.807) is 28.8 Å². The zero-order valence-electron chi connectivity index (χ0n) is 18.3. The van der Waals surface area contributed by atoms with Crippen LogP contribution in [0.25, 0.3) is 16.9 Å². The third-order valence-electron chi connectivity index (χ3n) is 4.59. The molecule has 0 spiro atoms. The number of nitrogens with one attached hydrogen (secondary N) is 3. The van der Waals surface area contributed by atoms with E-state index in [0.717, 1.165) is 6.92 Å². The number of rotatable bonds is 8. The number of fused-ring (bicyclic) bond motifs is 1. The van der Waals surface area contributed by atoms with Crippen LogP contribution in [0.15, 0.2) is 36.7 Å². The number of hydrogen-bond donors (Lipinski definition) is 3. The predicted octanol–water partition coefficient (Wildman–Crippen LogP) is 2.59. The van der Waals surface area contributed by atoms with Gasteiger partial charge in [-0.1, -0.05) is 0 Å². The molecule has 3 aromatic heterocycles. The van der Waals surface area contributed by atoms with E-state index in [9.17, 15) is 18.4 Å². The molecule has 0 bridgehead atoms. The topological polar surface area (TPSA) is 124 Å². The highest BCUT2D eigenvalue weighted by Crippen LogP contribution is 2.26. The van der Waals surface area contributed by atoms with Crippen molar-refractivity contribution in [1.82, 2.24) is 25.2 Å². The van der Waals surface area contributed by atoms with Crippen LogP contribution in [0.2, 0.25) is 0 Å². The van der Waals surface area contributed by atoms with E-state index in [4.69, 9.17) is 5.26 Å². The van der Waals surface area contributed by atoms with Crippen LogP contribution in [0.5, 0.6) is 0 Å². The van der Waals surface area contributed by atoms with E-state index in [1.807, 2.05) is 25.2 Å². The lowest BCUT2D eigenvalue weighted by molar-refractivity contribution is -0.120. The smallest absolute Gasteiger partial charge is 0.281 e. The zero-order valence-corrected chi connectivity index (χ0v) is 18.3. The Morgan fingerprint density at radius 1 is 1.18 bits per heavy atom. The molecular weight excluding hydrogens is 432 g/mol. The second kappa shape index (κ2) is 9.60. The maximum Gasteiger partial charge on any atom is 0.281 e. The lowest BCUT2D eigenvalue weighted by Gasteiger charge is -2.19.